The number of carbonyl (C=O) groups is 2. The lowest BCUT2D eigenvalue weighted by atomic mass is 9.44. The van der Waals surface area contributed by atoms with E-state index in [0.29, 0.717) is 47.5 Å². The van der Waals surface area contributed by atoms with Crippen molar-refractivity contribution in [2.75, 3.05) is 25.1 Å². The number of halogens is 1. The van der Waals surface area contributed by atoms with Gasteiger partial charge in [-0.25, -0.2) is 9.18 Å². The van der Waals surface area contributed by atoms with E-state index in [1.807, 2.05) is 12.1 Å². The van der Waals surface area contributed by atoms with E-state index < -0.39 is 19.3 Å². The zero-order valence-electron chi connectivity index (χ0n) is 29.4. The van der Waals surface area contributed by atoms with Crippen LogP contribution in [-0.2, 0) is 28.2 Å². The molecule has 256 valence electrons. The van der Waals surface area contributed by atoms with Gasteiger partial charge >= 0.3 is 11.9 Å². The first-order chi connectivity index (χ1) is 21.6. The molecular formula is C37H56FNO6Si. The van der Waals surface area contributed by atoms with Crippen molar-refractivity contribution < 1.29 is 32.6 Å². The molecule has 7 nitrogen and oxygen atoms in total. The molecule has 2 heterocycles. The Bertz CT molecular complexity index is 1310. The van der Waals surface area contributed by atoms with Crippen LogP contribution in [0.3, 0.4) is 0 Å². The highest BCUT2D eigenvalue weighted by Gasteiger charge is 2.67. The van der Waals surface area contributed by atoms with Crippen molar-refractivity contribution in [3.8, 4) is 0 Å². The highest BCUT2D eigenvalue weighted by Crippen LogP contribution is 2.67. The Morgan fingerprint density at radius 2 is 1.76 bits per heavy atom. The highest BCUT2D eigenvalue weighted by molar-refractivity contribution is 6.77. The second kappa shape index (κ2) is 13.0. The Labute approximate surface area is 276 Å². The van der Waals surface area contributed by atoms with Gasteiger partial charge in [-0.15, -0.1) is 0 Å². The van der Waals surface area contributed by atoms with Crippen LogP contribution in [0.1, 0.15) is 94.4 Å². The summed E-state index contributed by atoms with van der Waals surface area (Å²) in [6, 6.07) is 6.53. The Balaban J connectivity index is 1.52. The zero-order valence-corrected chi connectivity index (χ0v) is 30.4. The SMILES string of the molecule is CC(=O)O[C@@H]1CC[C@]2(C)[C@H](CC[C@]3(CNc4cccc(F)c4)O[C@H](C4=CCOC4=O)C[C@H]32)[C@]1(C)CO[Si](C(C)C)(C(C)C)C(C)C. The number of hydrogen-bond acceptors (Lipinski definition) is 7. The Morgan fingerprint density at radius 1 is 1.07 bits per heavy atom. The zero-order chi connectivity index (χ0) is 33.7. The lowest BCUT2D eigenvalue weighted by molar-refractivity contribution is -0.209. The van der Waals surface area contributed by atoms with Gasteiger partial charge < -0.3 is 24.0 Å². The predicted molar refractivity (Wildman–Crippen MR) is 180 cm³/mol. The molecule has 1 saturated heterocycles. The standard InChI is InChI=1S/C37H56FNO6Si/c1-23(2)46(24(3)4,25(5)6)43-22-36(9)31-13-17-37(21-39-28-12-10-11-27(38)19-28)32(20-30(45-37)29-15-18-42-34(29)41)35(31,8)16-14-33(36)44-26(7)40/h10-12,15,19,23-25,30-33,39H,13-14,16-18,20-22H2,1-9H3/t30-,31-,32-,33+,35+,36-,37+/m0/s1. The lowest BCUT2D eigenvalue weighted by Gasteiger charge is -2.63. The fourth-order valence-corrected chi connectivity index (χ4v) is 16.2. The first-order valence-corrected chi connectivity index (χ1v) is 19.6. The van der Waals surface area contributed by atoms with Crippen molar-refractivity contribution in [1.29, 1.82) is 0 Å². The third-order valence-corrected chi connectivity index (χ3v) is 18.6. The smallest absolute Gasteiger partial charge is 0.336 e. The first-order valence-electron chi connectivity index (χ1n) is 17.4. The van der Waals surface area contributed by atoms with Gasteiger partial charge in [-0.2, -0.15) is 0 Å². The summed E-state index contributed by atoms with van der Waals surface area (Å²) in [6.07, 6.45) is 5.21. The van der Waals surface area contributed by atoms with Gasteiger partial charge in [-0.05, 0) is 90.3 Å². The number of fused-ring (bicyclic) bond motifs is 3. The van der Waals surface area contributed by atoms with Crippen LogP contribution < -0.4 is 5.32 Å². The summed E-state index contributed by atoms with van der Waals surface area (Å²) in [6.45, 7) is 21.4. The number of benzene rings is 1. The summed E-state index contributed by atoms with van der Waals surface area (Å²) in [5.41, 5.74) is 1.50. The second-order valence-corrected chi connectivity index (χ2v) is 21.4. The van der Waals surface area contributed by atoms with Crippen LogP contribution in [0, 0.1) is 28.5 Å². The average Bonchev–Trinajstić information content (AvgIpc) is 3.58. The Morgan fingerprint density at radius 3 is 2.35 bits per heavy atom. The molecule has 4 aliphatic rings. The highest BCUT2D eigenvalue weighted by atomic mass is 28.4. The topological polar surface area (TPSA) is 83.1 Å². The van der Waals surface area contributed by atoms with Gasteiger partial charge in [0.05, 0.1) is 17.3 Å². The molecule has 0 amide bonds. The van der Waals surface area contributed by atoms with Crippen molar-refractivity contribution in [1.82, 2.24) is 0 Å². The number of hydrogen-bond donors (Lipinski definition) is 1. The molecule has 7 atom stereocenters. The van der Waals surface area contributed by atoms with E-state index >= 15 is 0 Å². The average molecular weight is 658 g/mol. The minimum Gasteiger partial charge on any atom is -0.462 e. The Hall–Kier alpha value is -2.23. The van der Waals surface area contributed by atoms with Gasteiger partial charge in [0.15, 0.2) is 8.32 Å². The maximum atomic E-state index is 14.1. The van der Waals surface area contributed by atoms with Crippen molar-refractivity contribution in [3.63, 3.8) is 0 Å². The van der Waals surface area contributed by atoms with Gasteiger partial charge in [0, 0.05) is 31.2 Å². The van der Waals surface area contributed by atoms with E-state index in [9.17, 15) is 14.0 Å². The molecule has 1 aromatic rings. The fraction of sp³-hybridized carbons (Fsp3) is 0.730. The number of carbonyl (C=O) groups excluding carboxylic acids is 2. The van der Waals surface area contributed by atoms with Gasteiger partial charge in [-0.3, -0.25) is 4.79 Å². The molecule has 2 saturated carbocycles. The van der Waals surface area contributed by atoms with Crippen molar-refractivity contribution in [2.24, 2.45) is 22.7 Å². The fourth-order valence-electron chi connectivity index (χ4n) is 10.6. The number of nitrogens with one attached hydrogen (secondary N) is 1. The summed E-state index contributed by atoms with van der Waals surface area (Å²) in [5, 5.41) is 3.50. The third kappa shape index (κ3) is 5.98. The molecule has 3 fully saturated rings. The van der Waals surface area contributed by atoms with Crippen LogP contribution in [0.4, 0.5) is 10.1 Å². The Kier molecular flexibility index (Phi) is 9.91. The van der Waals surface area contributed by atoms with Gasteiger partial charge in [0.1, 0.15) is 18.5 Å². The van der Waals surface area contributed by atoms with Gasteiger partial charge in [0.2, 0.25) is 0 Å². The number of ether oxygens (including phenoxy) is 3. The maximum Gasteiger partial charge on any atom is 0.336 e. The van der Waals surface area contributed by atoms with Crippen LogP contribution in [0.5, 0.6) is 0 Å². The van der Waals surface area contributed by atoms with E-state index in [2.05, 4.69) is 60.7 Å². The molecule has 1 aromatic carbocycles. The number of cyclic esters (lactones) is 1. The van der Waals surface area contributed by atoms with Gasteiger partial charge in [-0.1, -0.05) is 61.5 Å². The molecule has 2 aliphatic carbocycles. The predicted octanol–water partition coefficient (Wildman–Crippen LogP) is 8.20. The minimum absolute atomic E-state index is 0.110. The molecule has 1 N–H and O–H groups in total. The first kappa shape index (κ1) is 35.1. The van der Waals surface area contributed by atoms with Gasteiger partial charge in [0.25, 0.3) is 0 Å². The summed E-state index contributed by atoms with van der Waals surface area (Å²) < 4.78 is 39.9. The maximum absolute atomic E-state index is 14.1. The number of esters is 2. The quantitative estimate of drug-likeness (QED) is 0.190. The molecule has 0 aromatic heterocycles. The van der Waals surface area contributed by atoms with Crippen LogP contribution in [0.25, 0.3) is 0 Å². The van der Waals surface area contributed by atoms with E-state index in [-0.39, 0.29) is 53.8 Å². The second-order valence-electron chi connectivity index (χ2n) is 15.9. The molecular weight excluding hydrogens is 601 g/mol. The van der Waals surface area contributed by atoms with E-state index in [4.69, 9.17) is 18.6 Å². The molecule has 2 aliphatic heterocycles. The van der Waals surface area contributed by atoms with Crippen LogP contribution in [-0.4, -0.2) is 57.8 Å². The monoisotopic (exact) mass is 657 g/mol. The number of anilines is 1. The summed E-state index contributed by atoms with van der Waals surface area (Å²) >= 11 is 0. The summed E-state index contributed by atoms with van der Waals surface area (Å²) in [5.74, 6) is -0.523. The lowest BCUT2D eigenvalue weighted by Crippen LogP contribution is -2.64. The van der Waals surface area contributed by atoms with E-state index in [1.165, 1.54) is 19.1 Å². The molecule has 0 bridgehead atoms. The molecule has 0 unspecified atom stereocenters. The molecule has 9 heteroatoms. The summed E-state index contributed by atoms with van der Waals surface area (Å²) in [4.78, 5) is 25.3. The molecule has 0 radical (unpaired) electrons. The van der Waals surface area contributed by atoms with E-state index in [0.717, 1.165) is 25.7 Å². The summed E-state index contributed by atoms with van der Waals surface area (Å²) in [7, 11) is -2.21. The largest absolute Gasteiger partial charge is 0.462 e. The van der Waals surface area contributed by atoms with Crippen LogP contribution in [0.2, 0.25) is 16.6 Å². The van der Waals surface area contributed by atoms with Crippen LogP contribution >= 0.6 is 0 Å². The van der Waals surface area contributed by atoms with Crippen LogP contribution in [0.15, 0.2) is 35.9 Å². The molecule has 5 rings (SSSR count). The molecule has 46 heavy (non-hydrogen) atoms. The van der Waals surface area contributed by atoms with Crippen molar-refractivity contribution in [3.05, 3.63) is 41.7 Å². The van der Waals surface area contributed by atoms with Crippen molar-refractivity contribution in [2.45, 2.75) is 129 Å². The number of rotatable bonds is 11. The molecule has 0 spiro atoms. The normalized spacial score (nSPS) is 34.4. The van der Waals surface area contributed by atoms with E-state index in [1.54, 1.807) is 6.07 Å². The minimum atomic E-state index is -2.21. The van der Waals surface area contributed by atoms with Crippen molar-refractivity contribution >= 4 is 25.9 Å². The third-order valence-electron chi connectivity index (χ3n) is 12.6.